The number of rotatable bonds is 0. The first kappa shape index (κ1) is 9.74. The van der Waals surface area contributed by atoms with E-state index < -0.39 is 0 Å². The molecule has 11 heavy (non-hydrogen) atoms. The Labute approximate surface area is 82.1 Å². The Morgan fingerprint density at radius 1 is 1.36 bits per heavy atom. The Morgan fingerprint density at radius 3 is 1.91 bits per heavy atom. The van der Waals surface area contributed by atoms with Crippen molar-refractivity contribution >= 4 is 22.6 Å². The van der Waals surface area contributed by atoms with E-state index in [0.717, 1.165) is 6.42 Å². The number of alkyl halides is 1. The fraction of sp³-hybridized carbons (Fsp3) is 1.00. The first-order valence-corrected chi connectivity index (χ1v) is 5.16. The van der Waals surface area contributed by atoms with Gasteiger partial charge in [0, 0.05) is 9.46 Å². The Morgan fingerprint density at radius 2 is 1.82 bits per heavy atom. The third kappa shape index (κ3) is 1.42. The molecular weight excluding hydrogens is 253 g/mol. The lowest BCUT2D eigenvalue weighted by atomic mass is 10.0. The van der Waals surface area contributed by atoms with E-state index in [1.54, 1.807) is 0 Å². The second kappa shape index (κ2) is 2.57. The maximum Gasteiger partial charge on any atom is 0.0528 e. The van der Waals surface area contributed by atoms with Crippen LogP contribution in [0.1, 0.15) is 34.1 Å². The standard InChI is InChI=1S/C8H16INO/c1-7(2)5-6(9)8(3,4)10(7)11/h6,11H,5H2,1-4H3. The molecule has 0 saturated carbocycles. The first-order valence-electron chi connectivity index (χ1n) is 3.92. The van der Waals surface area contributed by atoms with Crippen molar-refractivity contribution in [2.24, 2.45) is 0 Å². The summed E-state index contributed by atoms with van der Waals surface area (Å²) in [5, 5.41) is 11.3. The predicted octanol–water partition coefficient (Wildman–Crippen LogP) is 2.44. The van der Waals surface area contributed by atoms with Crippen LogP contribution in [0, 0.1) is 0 Å². The molecule has 1 rings (SSSR count). The Bertz CT molecular complexity index is 167. The van der Waals surface area contributed by atoms with E-state index in [2.05, 4.69) is 50.3 Å². The van der Waals surface area contributed by atoms with Crippen LogP contribution in [0.2, 0.25) is 0 Å². The number of nitrogens with zero attached hydrogens (tertiary/aromatic N) is 1. The van der Waals surface area contributed by atoms with Crippen LogP contribution in [-0.4, -0.2) is 25.3 Å². The summed E-state index contributed by atoms with van der Waals surface area (Å²) in [5.74, 6) is 0. The largest absolute Gasteiger partial charge is 0.313 e. The lowest BCUT2D eigenvalue weighted by molar-refractivity contribution is -0.190. The van der Waals surface area contributed by atoms with Crippen molar-refractivity contribution in [2.45, 2.75) is 49.1 Å². The SMILES string of the molecule is CC1(C)CC(I)C(C)(C)N1O. The normalized spacial score (nSPS) is 36.0. The second-order valence-corrected chi connectivity index (χ2v) is 5.95. The fourth-order valence-electron chi connectivity index (χ4n) is 1.69. The number of hydrogen-bond donors (Lipinski definition) is 1. The van der Waals surface area contributed by atoms with Gasteiger partial charge < -0.3 is 5.21 Å². The maximum atomic E-state index is 9.78. The molecule has 0 radical (unpaired) electrons. The van der Waals surface area contributed by atoms with E-state index in [1.807, 2.05) is 0 Å². The third-order valence-electron chi connectivity index (χ3n) is 2.56. The molecule has 2 nitrogen and oxygen atoms in total. The zero-order valence-corrected chi connectivity index (χ0v) is 9.71. The molecule has 0 amide bonds. The summed E-state index contributed by atoms with van der Waals surface area (Å²) in [5.41, 5.74) is -0.139. The van der Waals surface area contributed by atoms with Crippen LogP contribution >= 0.6 is 22.6 Å². The molecule has 0 aromatic carbocycles. The minimum Gasteiger partial charge on any atom is -0.313 e. The molecule has 0 bridgehead atoms. The highest BCUT2D eigenvalue weighted by Gasteiger charge is 2.50. The minimum atomic E-state index is -0.0793. The second-order valence-electron chi connectivity index (χ2n) is 4.45. The van der Waals surface area contributed by atoms with Gasteiger partial charge in [-0.05, 0) is 34.1 Å². The molecule has 0 spiro atoms. The molecule has 1 unspecified atom stereocenters. The van der Waals surface area contributed by atoms with Gasteiger partial charge in [0.1, 0.15) is 0 Å². The van der Waals surface area contributed by atoms with Gasteiger partial charge in [-0.15, -0.1) is 0 Å². The van der Waals surface area contributed by atoms with Gasteiger partial charge in [-0.1, -0.05) is 22.6 Å². The molecule has 66 valence electrons. The fourth-order valence-corrected chi connectivity index (χ4v) is 3.03. The molecule has 1 atom stereocenters. The summed E-state index contributed by atoms with van der Waals surface area (Å²) in [6, 6.07) is 0. The van der Waals surface area contributed by atoms with Gasteiger partial charge in [0.05, 0.1) is 5.54 Å². The van der Waals surface area contributed by atoms with Gasteiger partial charge in [0.25, 0.3) is 0 Å². The molecule has 0 aromatic rings. The summed E-state index contributed by atoms with van der Waals surface area (Å²) in [6.07, 6.45) is 1.05. The molecule has 3 heteroatoms. The van der Waals surface area contributed by atoms with Crippen molar-refractivity contribution in [3.05, 3.63) is 0 Å². The van der Waals surface area contributed by atoms with Crippen molar-refractivity contribution < 1.29 is 5.21 Å². The zero-order valence-electron chi connectivity index (χ0n) is 7.56. The highest BCUT2D eigenvalue weighted by atomic mass is 127. The van der Waals surface area contributed by atoms with Crippen LogP contribution in [0.5, 0.6) is 0 Å². The average Bonchev–Trinajstić information content (AvgIpc) is 1.94. The minimum absolute atomic E-state index is 0.0602. The number of hydroxylamine groups is 2. The Balaban J connectivity index is 2.89. The van der Waals surface area contributed by atoms with E-state index >= 15 is 0 Å². The highest BCUT2D eigenvalue weighted by molar-refractivity contribution is 14.1. The van der Waals surface area contributed by atoms with E-state index in [4.69, 9.17) is 0 Å². The number of halogens is 1. The molecule has 0 aromatic heterocycles. The van der Waals surface area contributed by atoms with E-state index in [0.29, 0.717) is 3.92 Å². The third-order valence-corrected chi connectivity index (χ3v) is 4.53. The summed E-state index contributed by atoms with van der Waals surface area (Å²) in [4.78, 5) is 0. The van der Waals surface area contributed by atoms with Crippen molar-refractivity contribution in [3.8, 4) is 0 Å². The van der Waals surface area contributed by atoms with Gasteiger partial charge in [0.15, 0.2) is 0 Å². The van der Waals surface area contributed by atoms with Gasteiger partial charge in [-0.25, -0.2) is 0 Å². The van der Waals surface area contributed by atoms with E-state index in [-0.39, 0.29) is 11.1 Å². The highest BCUT2D eigenvalue weighted by Crippen LogP contribution is 2.42. The zero-order chi connectivity index (χ0) is 8.86. The van der Waals surface area contributed by atoms with Crippen LogP contribution in [0.3, 0.4) is 0 Å². The molecule has 1 aliphatic heterocycles. The quantitative estimate of drug-likeness (QED) is 0.539. The summed E-state index contributed by atoms with van der Waals surface area (Å²) < 4.78 is 0.528. The molecular formula is C8H16INO. The molecule has 1 heterocycles. The smallest absolute Gasteiger partial charge is 0.0528 e. The van der Waals surface area contributed by atoms with Crippen LogP contribution in [0.4, 0.5) is 0 Å². The average molecular weight is 269 g/mol. The summed E-state index contributed by atoms with van der Waals surface area (Å²) in [6.45, 7) is 8.32. The summed E-state index contributed by atoms with van der Waals surface area (Å²) >= 11 is 2.41. The lowest BCUT2D eigenvalue weighted by Crippen LogP contribution is -2.47. The molecule has 0 aliphatic carbocycles. The van der Waals surface area contributed by atoms with E-state index in [9.17, 15) is 5.21 Å². The van der Waals surface area contributed by atoms with Crippen molar-refractivity contribution in [1.82, 2.24) is 5.06 Å². The van der Waals surface area contributed by atoms with Gasteiger partial charge in [-0.3, -0.25) is 0 Å². The molecule has 1 N–H and O–H groups in total. The topological polar surface area (TPSA) is 23.5 Å². The number of hydrogen-bond acceptors (Lipinski definition) is 2. The first-order chi connectivity index (χ1) is 4.78. The Kier molecular flexibility index (Phi) is 2.27. The van der Waals surface area contributed by atoms with Crippen molar-refractivity contribution in [2.75, 3.05) is 0 Å². The summed E-state index contributed by atoms with van der Waals surface area (Å²) in [7, 11) is 0. The van der Waals surface area contributed by atoms with E-state index in [1.165, 1.54) is 5.06 Å². The van der Waals surface area contributed by atoms with Crippen LogP contribution in [-0.2, 0) is 0 Å². The van der Waals surface area contributed by atoms with Gasteiger partial charge in [-0.2, -0.15) is 5.06 Å². The van der Waals surface area contributed by atoms with Gasteiger partial charge in [0.2, 0.25) is 0 Å². The van der Waals surface area contributed by atoms with Crippen LogP contribution < -0.4 is 0 Å². The van der Waals surface area contributed by atoms with Crippen LogP contribution in [0.15, 0.2) is 0 Å². The monoisotopic (exact) mass is 269 g/mol. The van der Waals surface area contributed by atoms with Crippen molar-refractivity contribution in [3.63, 3.8) is 0 Å². The lowest BCUT2D eigenvalue weighted by Gasteiger charge is -2.34. The Hall–Kier alpha value is 0.650. The van der Waals surface area contributed by atoms with Crippen molar-refractivity contribution in [1.29, 1.82) is 0 Å². The molecule has 1 saturated heterocycles. The van der Waals surface area contributed by atoms with Gasteiger partial charge >= 0.3 is 0 Å². The molecule has 1 fully saturated rings. The van der Waals surface area contributed by atoms with Crippen LogP contribution in [0.25, 0.3) is 0 Å². The predicted molar refractivity (Wildman–Crippen MR) is 54.2 cm³/mol. The molecule has 1 aliphatic rings. The maximum absolute atomic E-state index is 9.78.